The molecule has 0 aliphatic rings. The third-order valence-electron chi connectivity index (χ3n) is 2.59. The van der Waals surface area contributed by atoms with Gasteiger partial charge in [0.05, 0.1) is 18.0 Å². The zero-order valence-electron chi connectivity index (χ0n) is 11.2. The van der Waals surface area contributed by atoms with Crippen LogP contribution in [0.1, 0.15) is 5.56 Å². The topological polar surface area (TPSA) is 121 Å². The first-order valence-corrected chi connectivity index (χ1v) is 6.55. The average Bonchev–Trinajstić information content (AvgIpc) is 3.03. The molecule has 3 rings (SSSR count). The van der Waals surface area contributed by atoms with Crippen molar-refractivity contribution in [2.75, 3.05) is 18.4 Å². The van der Waals surface area contributed by atoms with Gasteiger partial charge in [0, 0.05) is 0 Å². The third kappa shape index (κ3) is 3.02. The van der Waals surface area contributed by atoms with Gasteiger partial charge in [0.25, 0.3) is 5.95 Å². The van der Waals surface area contributed by atoms with Crippen LogP contribution in [0.3, 0.4) is 0 Å². The summed E-state index contributed by atoms with van der Waals surface area (Å²) < 4.78 is 12.1. The van der Waals surface area contributed by atoms with Crippen LogP contribution in [0.25, 0.3) is 10.3 Å². The molecule has 116 valence electrons. The van der Waals surface area contributed by atoms with Gasteiger partial charge in [-0.3, -0.25) is 0 Å². The summed E-state index contributed by atoms with van der Waals surface area (Å²) in [5.41, 5.74) is 3.80. The summed E-state index contributed by atoms with van der Waals surface area (Å²) in [7, 11) is 1.50. The van der Waals surface area contributed by atoms with Gasteiger partial charge in [0.15, 0.2) is 11.3 Å². The number of nitrogens with zero attached hydrogens (tertiary/aromatic N) is 4. The van der Waals surface area contributed by atoms with Crippen LogP contribution < -0.4 is 20.9 Å². The molecule has 0 aliphatic heterocycles. The number of hydrazone groups is 1. The fourth-order valence-electron chi connectivity index (χ4n) is 1.68. The zero-order chi connectivity index (χ0) is 14.8. The number of fused-ring (bicyclic) bond motifs is 1. The van der Waals surface area contributed by atoms with Crippen molar-refractivity contribution in [3.05, 3.63) is 33.8 Å². The highest BCUT2D eigenvalue weighted by Crippen LogP contribution is 2.28. The lowest BCUT2D eigenvalue weighted by molar-refractivity contribution is 0.408. The van der Waals surface area contributed by atoms with E-state index in [0.29, 0.717) is 22.0 Å². The first-order chi connectivity index (χ1) is 10.2. The molecule has 22 heavy (non-hydrogen) atoms. The molecule has 3 aromatic rings. The van der Waals surface area contributed by atoms with Crippen molar-refractivity contribution in [3.8, 4) is 5.75 Å². The lowest BCUT2D eigenvalue weighted by atomic mass is 10.2. The Kier molecular flexibility index (Phi) is 4.63. The Bertz CT molecular complexity index is 870. The maximum absolute atomic E-state index is 11.3. The number of rotatable bonds is 4. The van der Waals surface area contributed by atoms with E-state index >= 15 is 0 Å². The van der Waals surface area contributed by atoms with Crippen LogP contribution in [0, 0.1) is 0 Å². The maximum atomic E-state index is 11.3. The largest absolute Gasteiger partial charge is 0.493 e. The second-order valence-electron chi connectivity index (χ2n) is 3.94. The van der Waals surface area contributed by atoms with E-state index in [9.17, 15) is 4.79 Å². The number of methoxy groups -OCH3 is 1. The molecule has 0 saturated carbocycles. The molecular weight excluding hydrogens is 332 g/mol. The second kappa shape index (κ2) is 6.45. The van der Waals surface area contributed by atoms with Crippen molar-refractivity contribution in [1.82, 2.24) is 14.9 Å². The van der Waals surface area contributed by atoms with E-state index in [0.717, 1.165) is 16.9 Å². The van der Waals surface area contributed by atoms with E-state index in [1.54, 1.807) is 18.3 Å². The smallest absolute Gasteiger partial charge is 0.396 e. The number of ether oxygens (including phenoxy) is 1. The fourth-order valence-corrected chi connectivity index (χ4v) is 2.42. The van der Waals surface area contributed by atoms with Gasteiger partial charge in [0.2, 0.25) is 0 Å². The van der Waals surface area contributed by atoms with E-state index in [1.807, 2.05) is 0 Å². The minimum Gasteiger partial charge on any atom is -0.493 e. The van der Waals surface area contributed by atoms with Crippen molar-refractivity contribution in [2.45, 2.75) is 0 Å². The predicted molar refractivity (Wildman–Crippen MR) is 85.6 cm³/mol. The number of hydrogen-bond donors (Lipinski definition) is 2. The maximum Gasteiger partial charge on any atom is 0.396 e. The molecule has 2 aromatic heterocycles. The molecule has 1 aromatic carbocycles. The Morgan fingerprint density at radius 2 is 2.36 bits per heavy atom. The van der Waals surface area contributed by atoms with Crippen LogP contribution >= 0.6 is 23.7 Å². The SMILES string of the molecule is COc1cc(/C=N/Nc2nncn2N)cc2sc(=O)oc12.Cl. The zero-order valence-corrected chi connectivity index (χ0v) is 12.8. The van der Waals surface area contributed by atoms with Gasteiger partial charge < -0.3 is 15.0 Å². The Balaban J connectivity index is 0.00000176. The molecule has 3 N–H and O–H groups in total. The normalized spacial score (nSPS) is 10.8. The molecule has 0 aliphatic carbocycles. The first kappa shape index (κ1) is 15.8. The van der Waals surface area contributed by atoms with E-state index in [4.69, 9.17) is 15.0 Å². The Morgan fingerprint density at radius 3 is 3.05 bits per heavy atom. The highest BCUT2D eigenvalue weighted by atomic mass is 35.5. The van der Waals surface area contributed by atoms with Crippen LogP contribution in [0.4, 0.5) is 5.95 Å². The van der Waals surface area contributed by atoms with Crippen molar-refractivity contribution in [1.29, 1.82) is 0 Å². The quantitative estimate of drug-likeness (QED) is 0.412. The molecule has 0 bridgehead atoms. The number of nitrogens with one attached hydrogen (secondary N) is 1. The van der Waals surface area contributed by atoms with E-state index < -0.39 is 0 Å². The van der Waals surface area contributed by atoms with E-state index in [1.165, 1.54) is 18.1 Å². The van der Waals surface area contributed by atoms with Gasteiger partial charge in [0.1, 0.15) is 6.33 Å². The third-order valence-corrected chi connectivity index (χ3v) is 3.37. The van der Waals surface area contributed by atoms with Crippen molar-refractivity contribution in [2.24, 2.45) is 5.10 Å². The standard InChI is InChI=1S/C11H10N6O3S.ClH/c1-19-7-2-6(3-8-9(7)20-11(18)21-8)4-13-15-10-16-14-5-17(10)12;/h2-5H,12H2,1H3,(H,15,16);1H/b13-4+;. The van der Waals surface area contributed by atoms with Crippen molar-refractivity contribution in [3.63, 3.8) is 0 Å². The molecule has 0 amide bonds. The number of nitrogen functional groups attached to an aromatic ring is 1. The molecule has 0 atom stereocenters. The summed E-state index contributed by atoms with van der Waals surface area (Å²) in [5, 5.41) is 11.3. The summed E-state index contributed by atoms with van der Waals surface area (Å²) in [6, 6.07) is 3.47. The summed E-state index contributed by atoms with van der Waals surface area (Å²) >= 11 is 0.999. The molecule has 9 nitrogen and oxygen atoms in total. The van der Waals surface area contributed by atoms with Gasteiger partial charge in [-0.05, 0) is 17.7 Å². The molecule has 0 radical (unpaired) electrons. The monoisotopic (exact) mass is 342 g/mol. The van der Waals surface area contributed by atoms with Crippen molar-refractivity contribution >= 4 is 46.2 Å². The molecule has 11 heteroatoms. The number of nitrogens with two attached hydrogens (primary N) is 1. The Hall–Kier alpha value is -2.59. The van der Waals surface area contributed by atoms with Crippen LogP contribution in [-0.2, 0) is 0 Å². The number of benzene rings is 1. The Labute approximate surface area is 133 Å². The molecule has 0 spiro atoms. The summed E-state index contributed by atoms with van der Waals surface area (Å²) in [6.07, 6.45) is 2.89. The van der Waals surface area contributed by atoms with Crippen LogP contribution in [0.2, 0.25) is 0 Å². The van der Waals surface area contributed by atoms with Gasteiger partial charge in [-0.25, -0.2) is 14.9 Å². The average molecular weight is 343 g/mol. The number of hydrogen-bond acceptors (Lipinski definition) is 9. The molecular formula is C11H11ClN6O3S. The lowest BCUT2D eigenvalue weighted by Crippen LogP contribution is -2.10. The predicted octanol–water partition coefficient (Wildman–Crippen LogP) is 1.04. The van der Waals surface area contributed by atoms with Crippen LogP contribution in [0.5, 0.6) is 5.75 Å². The second-order valence-corrected chi connectivity index (χ2v) is 4.91. The summed E-state index contributed by atoms with van der Waals surface area (Å²) in [6.45, 7) is 0. The number of anilines is 1. The highest BCUT2D eigenvalue weighted by Gasteiger charge is 2.10. The van der Waals surface area contributed by atoms with Crippen LogP contribution in [0.15, 0.2) is 32.8 Å². The Morgan fingerprint density at radius 1 is 1.55 bits per heavy atom. The van der Waals surface area contributed by atoms with E-state index in [2.05, 4.69) is 20.7 Å². The molecule has 0 unspecified atom stereocenters. The van der Waals surface area contributed by atoms with Crippen molar-refractivity contribution < 1.29 is 9.15 Å². The minimum absolute atomic E-state index is 0. The fraction of sp³-hybridized carbons (Fsp3) is 0.0909. The molecule has 0 saturated heterocycles. The van der Waals surface area contributed by atoms with Gasteiger partial charge in [-0.15, -0.1) is 22.6 Å². The lowest BCUT2D eigenvalue weighted by Gasteiger charge is -2.02. The van der Waals surface area contributed by atoms with E-state index in [-0.39, 0.29) is 17.3 Å². The summed E-state index contributed by atoms with van der Waals surface area (Å²) in [5.74, 6) is 6.30. The highest BCUT2D eigenvalue weighted by molar-refractivity contribution is 7.16. The minimum atomic E-state index is -0.383. The molecule has 2 heterocycles. The van der Waals surface area contributed by atoms with Gasteiger partial charge in [-0.2, -0.15) is 5.10 Å². The van der Waals surface area contributed by atoms with Gasteiger partial charge in [-0.1, -0.05) is 11.3 Å². The van der Waals surface area contributed by atoms with Crippen LogP contribution in [-0.4, -0.2) is 28.2 Å². The number of halogens is 1. The number of aromatic nitrogens is 3. The first-order valence-electron chi connectivity index (χ1n) is 5.73. The molecule has 0 fully saturated rings. The van der Waals surface area contributed by atoms with Gasteiger partial charge >= 0.3 is 4.94 Å². The summed E-state index contributed by atoms with van der Waals surface area (Å²) in [4.78, 5) is 10.9.